The monoisotopic (exact) mass is 460 g/mol. The highest BCUT2D eigenvalue weighted by molar-refractivity contribution is 5.78. The lowest BCUT2D eigenvalue weighted by Gasteiger charge is -2.16. The van der Waals surface area contributed by atoms with Gasteiger partial charge in [0.05, 0.1) is 44.0 Å². The van der Waals surface area contributed by atoms with E-state index in [1.807, 2.05) is 73.7 Å². The molecule has 0 fully saturated rings. The molecule has 0 aliphatic rings. The van der Waals surface area contributed by atoms with Crippen LogP contribution in [0.4, 0.5) is 0 Å². The summed E-state index contributed by atoms with van der Waals surface area (Å²) >= 11 is 0. The lowest BCUT2D eigenvalue weighted by molar-refractivity contribution is -0.671. The van der Waals surface area contributed by atoms with Crippen LogP contribution in [0.1, 0.15) is 18.3 Å². The van der Waals surface area contributed by atoms with E-state index in [0.717, 1.165) is 24.3 Å². The lowest BCUT2D eigenvalue weighted by atomic mass is 10.1. The highest BCUT2D eigenvalue weighted by Crippen LogP contribution is 2.27. The number of quaternary nitrogens is 1. The fraction of sp³-hybridized carbons (Fsp3) is 0.259. The molecule has 0 saturated heterocycles. The summed E-state index contributed by atoms with van der Waals surface area (Å²) in [5, 5.41) is 2.75. The molecule has 0 saturated carbocycles. The molecule has 7 nitrogen and oxygen atoms in total. The van der Waals surface area contributed by atoms with Crippen LogP contribution in [0, 0.1) is 0 Å². The molecule has 4 rings (SSSR count). The van der Waals surface area contributed by atoms with Crippen LogP contribution in [0.2, 0.25) is 0 Å². The van der Waals surface area contributed by atoms with Gasteiger partial charge in [0.15, 0.2) is 17.3 Å². The molecule has 1 aromatic heterocycles. The predicted octanol–water partition coefficient (Wildman–Crippen LogP) is 3.11. The van der Waals surface area contributed by atoms with Gasteiger partial charge >= 0.3 is 0 Å². The van der Waals surface area contributed by atoms with Crippen LogP contribution < -0.4 is 25.1 Å². The van der Waals surface area contributed by atoms with Crippen molar-refractivity contribution in [2.45, 2.75) is 19.9 Å². The Kier molecular flexibility index (Phi) is 7.44. The first-order valence-electron chi connectivity index (χ1n) is 11.4. The minimum absolute atomic E-state index is 0.0963. The van der Waals surface area contributed by atoms with Crippen molar-refractivity contribution in [2.24, 2.45) is 0 Å². The number of hydrogen-bond acceptors (Lipinski definition) is 5. The molecule has 2 N–H and O–H groups in total. The van der Waals surface area contributed by atoms with E-state index in [4.69, 9.17) is 19.2 Å². The molecule has 0 atom stereocenters. The highest BCUT2D eigenvalue weighted by Gasteiger charge is 2.17. The van der Waals surface area contributed by atoms with Gasteiger partial charge in [0.25, 0.3) is 5.56 Å². The van der Waals surface area contributed by atoms with Crippen molar-refractivity contribution < 1.29 is 19.5 Å². The topological polar surface area (TPSA) is 79.2 Å². The molecule has 7 heteroatoms. The Bertz CT molecular complexity index is 1330. The van der Waals surface area contributed by atoms with E-state index >= 15 is 0 Å². The maximum absolute atomic E-state index is 13.5. The van der Waals surface area contributed by atoms with Crippen LogP contribution in [0.3, 0.4) is 0 Å². The number of nitrogens with two attached hydrogens (primary N) is 1. The second-order valence-electron chi connectivity index (χ2n) is 7.81. The van der Waals surface area contributed by atoms with E-state index in [0.29, 0.717) is 47.1 Å². The molecule has 0 aliphatic carbocycles. The molecular weight excluding hydrogens is 430 g/mol. The first-order chi connectivity index (χ1) is 16.7. The van der Waals surface area contributed by atoms with Crippen LogP contribution in [-0.4, -0.2) is 36.9 Å². The Morgan fingerprint density at radius 3 is 2.47 bits per heavy atom. The Labute approximate surface area is 198 Å². The summed E-state index contributed by atoms with van der Waals surface area (Å²) in [7, 11) is 3.27. The molecule has 4 aromatic rings. The third kappa shape index (κ3) is 4.89. The van der Waals surface area contributed by atoms with Crippen molar-refractivity contribution in [3.8, 4) is 22.9 Å². The molecule has 176 valence electrons. The van der Waals surface area contributed by atoms with Gasteiger partial charge in [-0.25, -0.2) is 4.98 Å². The number of methoxy groups -OCH3 is 2. The van der Waals surface area contributed by atoms with Gasteiger partial charge in [0.1, 0.15) is 12.3 Å². The molecule has 0 amide bonds. The van der Waals surface area contributed by atoms with Crippen molar-refractivity contribution >= 4 is 10.9 Å². The summed E-state index contributed by atoms with van der Waals surface area (Å²) in [6.45, 7) is 3.82. The van der Waals surface area contributed by atoms with Crippen LogP contribution in [-0.2, 0) is 13.0 Å². The number of hydrogen-bond donors (Lipinski definition) is 1. The Hall–Kier alpha value is -3.84. The van der Waals surface area contributed by atoms with Gasteiger partial charge in [-0.1, -0.05) is 30.3 Å². The molecule has 0 bridgehead atoms. The van der Waals surface area contributed by atoms with Gasteiger partial charge in [-0.05, 0) is 48.9 Å². The number of rotatable bonds is 10. The number of para-hydroxylation sites is 3. The van der Waals surface area contributed by atoms with Crippen LogP contribution in [0.5, 0.6) is 17.2 Å². The minimum atomic E-state index is -0.0963. The Morgan fingerprint density at radius 2 is 1.68 bits per heavy atom. The zero-order valence-corrected chi connectivity index (χ0v) is 19.8. The first-order valence-corrected chi connectivity index (χ1v) is 11.4. The average molecular weight is 461 g/mol. The van der Waals surface area contributed by atoms with Gasteiger partial charge in [-0.15, -0.1) is 0 Å². The number of ether oxygens (including phenoxy) is 3. The maximum Gasteiger partial charge on any atom is 0.266 e. The average Bonchev–Trinajstić information content (AvgIpc) is 2.87. The van der Waals surface area contributed by atoms with E-state index in [1.54, 1.807) is 18.8 Å². The summed E-state index contributed by atoms with van der Waals surface area (Å²) < 4.78 is 18.2. The molecular formula is C27H30N3O4+. The predicted molar refractivity (Wildman–Crippen MR) is 132 cm³/mol. The van der Waals surface area contributed by atoms with Gasteiger partial charge in [0, 0.05) is 6.42 Å². The molecule has 0 unspecified atom stereocenters. The summed E-state index contributed by atoms with van der Waals surface area (Å²) in [4.78, 5) is 18.4. The molecule has 0 radical (unpaired) electrons. The van der Waals surface area contributed by atoms with Crippen LogP contribution in [0.25, 0.3) is 16.6 Å². The zero-order valence-electron chi connectivity index (χ0n) is 19.8. The number of aromatic nitrogens is 2. The smallest absolute Gasteiger partial charge is 0.266 e. The van der Waals surface area contributed by atoms with Gasteiger partial charge in [-0.3, -0.25) is 9.36 Å². The summed E-state index contributed by atoms with van der Waals surface area (Å²) in [6.07, 6.45) is 0.841. The molecule has 34 heavy (non-hydrogen) atoms. The third-order valence-electron chi connectivity index (χ3n) is 5.66. The highest BCUT2D eigenvalue weighted by atomic mass is 16.5. The van der Waals surface area contributed by atoms with Gasteiger partial charge < -0.3 is 19.5 Å². The third-order valence-corrected chi connectivity index (χ3v) is 5.66. The van der Waals surface area contributed by atoms with E-state index < -0.39 is 0 Å². The van der Waals surface area contributed by atoms with Gasteiger partial charge in [0.2, 0.25) is 0 Å². The van der Waals surface area contributed by atoms with E-state index in [9.17, 15) is 4.79 Å². The second kappa shape index (κ2) is 10.9. The summed E-state index contributed by atoms with van der Waals surface area (Å²) in [6, 6.07) is 21.0. The first kappa shape index (κ1) is 23.3. The lowest BCUT2D eigenvalue weighted by Crippen LogP contribution is -2.83. The summed E-state index contributed by atoms with van der Waals surface area (Å²) in [5.41, 5.74) is 2.46. The van der Waals surface area contributed by atoms with Crippen LogP contribution in [0.15, 0.2) is 71.5 Å². The van der Waals surface area contributed by atoms with Crippen molar-refractivity contribution in [1.29, 1.82) is 0 Å². The molecule has 3 aromatic carbocycles. The largest absolute Gasteiger partial charge is 0.493 e. The molecule has 0 aliphatic heterocycles. The Morgan fingerprint density at radius 1 is 0.912 bits per heavy atom. The number of benzene rings is 3. The second-order valence-corrected chi connectivity index (χ2v) is 7.81. The number of fused-ring (bicyclic) bond motifs is 1. The fourth-order valence-electron chi connectivity index (χ4n) is 4.02. The Balaban J connectivity index is 1.61. The fourth-order valence-corrected chi connectivity index (χ4v) is 4.02. The van der Waals surface area contributed by atoms with Crippen LogP contribution >= 0.6 is 0 Å². The van der Waals surface area contributed by atoms with E-state index in [1.165, 1.54) is 0 Å². The molecule has 1 heterocycles. The van der Waals surface area contributed by atoms with Crippen molar-refractivity contribution in [2.75, 3.05) is 27.4 Å². The zero-order chi connectivity index (χ0) is 23.9. The standard InChI is InChI=1S/C27H29N3O4/c1-4-34-23-12-8-7-11-22(23)30-26(29-21-10-6-5-9-20(21)27(30)31)18-28-16-15-19-13-14-24(32-2)25(17-19)33-3/h5-14,17,28H,4,15-16,18H2,1-3H3/p+1. The SMILES string of the molecule is CCOc1ccccc1-n1c(C[NH2+]CCc2ccc(OC)c(OC)c2)nc2ccccc2c1=O. The maximum atomic E-state index is 13.5. The quantitative estimate of drug-likeness (QED) is 0.368. The van der Waals surface area contributed by atoms with Crippen molar-refractivity contribution in [3.05, 3.63) is 88.5 Å². The van der Waals surface area contributed by atoms with Gasteiger partial charge in [-0.2, -0.15) is 0 Å². The van der Waals surface area contributed by atoms with E-state index in [-0.39, 0.29) is 5.56 Å². The normalized spacial score (nSPS) is 10.9. The minimum Gasteiger partial charge on any atom is -0.493 e. The molecule has 0 spiro atoms. The summed E-state index contributed by atoms with van der Waals surface area (Å²) in [5.74, 6) is 2.78. The number of nitrogens with zero attached hydrogens (tertiary/aromatic N) is 2. The van der Waals surface area contributed by atoms with Crippen molar-refractivity contribution in [3.63, 3.8) is 0 Å². The van der Waals surface area contributed by atoms with Crippen molar-refractivity contribution in [1.82, 2.24) is 9.55 Å². The van der Waals surface area contributed by atoms with E-state index in [2.05, 4.69) is 5.32 Å².